The first-order valence-corrected chi connectivity index (χ1v) is 6.37. The number of carbonyl (C=O) groups is 1. The van der Waals surface area contributed by atoms with Crippen LogP contribution < -0.4 is 0 Å². The largest absolute Gasteiger partial charge is 0.340 e. The number of halogens is 1. The van der Waals surface area contributed by atoms with Crippen LogP contribution in [0, 0.1) is 5.82 Å². The van der Waals surface area contributed by atoms with Gasteiger partial charge in [0.25, 0.3) is 0 Å². The SMILES string of the molecule is C[C@H]1CN(CCc2ccc(F)cc2)CCN1C=O. The first-order valence-electron chi connectivity index (χ1n) is 6.37. The Labute approximate surface area is 107 Å². The number of carbonyl (C=O) groups excluding carboxylic acids is 1. The molecule has 0 spiro atoms. The molecule has 1 fully saturated rings. The Kier molecular flexibility index (Phi) is 4.31. The normalized spacial score (nSPS) is 21.0. The van der Waals surface area contributed by atoms with E-state index in [0.717, 1.165) is 44.6 Å². The van der Waals surface area contributed by atoms with Crippen LogP contribution in [-0.2, 0) is 11.2 Å². The van der Waals surface area contributed by atoms with Gasteiger partial charge in [-0.3, -0.25) is 9.69 Å². The monoisotopic (exact) mass is 250 g/mol. The second kappa shape index (κ2) is 5.96. The molecule has 0 aromatic heterocycles. The fourth-order valence-electron chi connectivity index (χ4n) is 2.35. The molecule has 3 nitrogen and oxygen atoms in total. The number of hydrogen-bond donors (Lipinski definition) is 0. The highest BCUT2D eigenvalue weighted by molar-refractivity contribution is 5.47. The average Bonchev–Trinajstić information content (AvgIpc) is 2.38. The summed E-state index contributed by atoms with van der Waals surface area (Å²) in [4.78, 5) is 15.0. The maximum absolute atomic E-state index is 12.8. The van der Waals surface area contributed by atoms with E-state index in [0.29, 0.717) is 0 Å². The van der Waals surface area contributed by atoms with Crippen LogP contribution in [0.3, 0.4) is 0 Å². The summed E-state index contributed by atoms with van der Waals surface area (Å²) >= 11 is 0. The topological polar surface area (TPSA) is 23.6 Å². The smallest absolute Gasteiger partial charge is 0.210 e. The second-order valence-electron chi connectivity index (χ2n) is 4.87. The third-order valence-corrected chi connectivity index (χ3v) is 3.53. The highest BCUT2D eigenvalue weighted by atomic mass is 19.1. The fourth-order valence-corrected chi connectivity index (χ4v) is 2.35. The molecule has 1 aliphatic rings. The highest BCUT2D eigenvalue weighted by Crippen LogP contribution is 2.09. The second-order valence-corrected chi connectivity index (χ2v) is 4.87. The van der Waals surface area contributed by atoms with Crippen LogP contribution in [-0.4, -0.2) is 48.4 Å². The summed E-state index contributed by atoms with van der Waals surface area (Å²) in [5, 5.41) is 0. The minimum atomic E-state index is -0.188. The Morgan fingerprint density at radius 1 is 1.33 bits per heavy atom. The summed E-state index contributed by atoms with van der Waals surface area (Å²) in [6.45, 7) is 5.67. The van der Waals surface area contributed by atoms with Crippen molar-refractivity contribution in [3.05, 3.63) is 35.6 Å². The van der Waals surface area contributed by atoms with Gasteiger partial charge in [-0.25, -0.2) is 4.39 Å². The molecule has 1 heterocycles. The van der Waals surface area contributed by atoms with Gasteiger partial charge in [0.1, 0.15) is 5.82 Å². The quantitative estimate of drug-likeness (QED) is 0.757. The van der Waals surface area contributed by atoms with Gasteiger partial charge in [-0.1, -0.05) is 12.1 Å². The lowest BCUT2D eigenvalue weighted by Crippen LogP contribution is -2.51. The van der Waals surface area contributed by atoms with Crippen LogP contribution in [0.25, 0.3) is 0 Å². The molecule has 2 rings (SSSR count). The minimum absolute atomic E-state index is 0.188. The molecule has 0 N–H and O–H groups in total. The molecule has 1 aromatic rings. The molecule has 1 amide bonds. The Morgan fingerprint density at radius 2 is 2.06 bits per heavy atom. The van der Waals surface area contributed by atoms with Crippen molar-refractivity contribution in [3.8, 4) is 0 Å². The van der Waals surface area contributed by atoms with Crippen molar-refractivity contribution in [1.82, 2.24) is 9.80 Å². The van der Waals surface area contributed by atoms with E-state index in [4.69, 9.17) is 0 Å². The minimum Gasteiger partial charge on any atom is -0.340 e. The zero-order chi connectivity index (χ0) is 13.0. The summed E-state index contributed by atoms with van der Waals surface area (Å²) in [6.07, 6.45) is 1.86. The van der Waals surface area contributed by atoms with Crippen molar-refractivity contribution in [2.75, 3.05) is 26.2 Å². The number of nitrogens with zero attached hydrogens (tertiary/aromatic N) is 2. The lowest BCUT2D eigenvalue weighted by Gasteiger charge is -2.37. The Hall–Kier alpha value is -1.42. The molecule has 0 saturated carbocycles. The summed E-state index contributed by atoms with van der Waals surface area (Å²) in [5.41, 5.74) is 1.15. The number of piperazine rings is 1. The van der Waals surface area contributed by atoms with E-state index in [9.17, 15) is 9.18 Å². The molecule has 1 aliphatic heterocycles. The average molecular weight is 250 g/mol. The maximum Gasteiger partial charge on any atom is 0.210 e. The van der Waals surface area contributed by atoms with Crippen molar-refractivity contribution < 1.29 is 9.18 Å². The van der Waals surface area contributed by atoms with Crippen molar-refractivity contribution in [2.24, 2.45) is 0 Å². The number of amides is 1. The zero-order valence-corrected chi connectivity index (χ0v) is 10.7. The molecule has 0 aliphatic carbocycles. The maximum atomic E-state index is 12.8. The van der Waals surface area contributed by atoms with E-state index in [1.165, 1.54) is 12.1 Å². The summed E-state index contributed by atoms with van der Waals surface area (Å²) in [6, 6.07) is 6.95. The van der Waals surface area contributed by atoms with Crippen LogP contribution in [0.15, 0.2) is 24.3 Å². The van der Waals surface area contributed by atoms with Crippen LogP contribution >= 0.6 is 0 Å². The lowest BCUT2D eigenvalue weighted by atomic mass is 10.1. The standard InChI is InChI=1S/C14H19FN2O/c1-12-10-16(8-9-17(12)11-18)7-6-13-2-4-14(15)5-3-13/h2-5,11-12H,6-10H2,1H3/t12-/m0/s1. The molecule has 1 aromatic carbocycles. The van der Waals surface area contributed by atoms with Gasteiger partial charge in [0.15, 0.2) is 0 Å². The molecule has 0 unspecified atom stereocenters. The highest BCUT2D eigenvalue weighted by Gasteiger charge is 2.21. The van der Waals surface area contributed by atoms with Crippen LogP contribution in [0.5, 0.6) is 0 Å². The third-order valence-electron chi connectivity index (χ3n) is 3.53. The molecule has 1 saturated heterocycles. The number of hydrogen-bond acceptors (Lipinski definition) is 2. The van der Waals surface area contributed by atoms with Crippen LogP contribution in [0.2, 0.25) is 0 Å². The van der Waals surface area contributed by atoms with E-state index in [2.05, 4.69) is 11.8 Å². The van der Waals surface area contributed by atoms with Gasteiger partial charge in [0, 0.05) is 32.2 Å². The van der Waals surface area contributed by atoms with Crippen molar-refractivity contribution in [2.45, 2.75) is 19.4 Å². The zero-order valence-electron chi connectivity index (χ0n) is 10.7. The van der Waals surface area contributed by atoms with Crippen molar-refractivity contribution in [3.63, 3.8) is 0 Å². The molecule has 0 radical (unpaired) electrons. The van der Waals surface area contributed by atoms with Crippen LogP contribution in [0.1, 0.15) is 12.5 Å². The fraction of sp³-hybridized carbons (Fsp3) is 0.500. The van der Waals surface area contributed by atoms with Crippen LogP contribution in [0.4, 0.5) is 4.39 Å². The van der Waals surface area contributed by atoms with Gasteiger partial charge < -0.3 is 4.90 Å². The van der Waals surface area contributed by atoms with Gasteiger partial charge >= 0.3 is 0 Å². The molecule has 1 atom stereocenters. The summed E-state index contributed by atoms with van der Waals surface area (Å²) < 4.78 is 12.8. The van der Waals surface area contributed by atoms with E-state index in [-0.39, 0.29) is 11.9 Å². The van der Waals surface area contributed by atoms with Gasteiger partial charge in [-0.2, -0.15) is 0 Å². The van der Waals surface area contributed by atoms with Gasteiger partial charge in [-0.15, -0.1) is 0 Å². The predicted molar refractivity (Wildman–Crippen MR) is 68.8 cm³/mol. The number of benzene rings is 1. The van der Waals surface area contributed by atoms with E-state index >= 15 is 0 Å². The van der Waals surface area contributed by atoms with Gasteiger partial charge in [0.05, 0.1) is 0 Å². The first-order chi connectivity index (χ1) is 8.69. The molecule has 0 bridgehead atoms. The molecule has 98 valence electrons. The third kappa shape index (κ3) is 3.29. The van der Waals surface area contributed by atoms with E-state index in [1.54, 1.807) is 0 Å². The van der Waals surface area contributed by atoms with E-state index < -0.39 is 0 Å². The molecule has 18 heavy (non-hydrogen) atoms. The molecular formula is C14H19FN2O. The van der Waals surface area contributed by atoms with Gasteiger partial charge in [0.2, 0.25) is 6.41 Å². The first kappa shape index (κ1) is 13.0. The Morgan fingerprint density at radius 3 is 2.67 bits per heavy atom. The lowest BCUT2D eigenvalue weighted by molar-refractivity contribution is -0.122. The predicted octanol–water partition coefficient (Wildman–Crippen LogP) is 1.53. The van der Waals surface area contributed by atoms with Crippen molar-refractivity contribution >= 4 is 6.41 Å². The summed E-state index contributed by atoms with van der Waals surface area (Å²) in [5.74, 6) is -0.188. The van der Waals surface area contributed by atoms with Crippen molar-refractivity contribution in [1.29, 1.82) is 0 Å². The van der Waals surface area contributed by atoms with E-state index in [1.807, 2.05) is 17.0 Å². The molecule has 4 heteroatoms. The molecular weight excluding hydrogens is 231 g/mol. The Bertz CT molecular complexity index is 393. The number of rotatable bonds is 4. The Balaban J connectivity index is 1.81. The summed E-state index contributed by atoms with van der Waals surface area (Å²) in [7, 11) is 0. The van der Waals surface area contributed by atoms with Gasteiger partial charge in [-0.05, 0) is 31.0 Å².